The fraction of sp³-hybridized carbons (Fsp3) is 0.500. The van der Waals surface area contributed by atoms with Crippen LogP contribution in [0.2, 0.25) is 0 Å². The van der Waals surface area contributed by atoms with Crippen molar-refractivity contribution in [3.05, 3.63) is 12.7 Å². The molecule has 18 heavy (non-hydrogen) atoms. The molecule has 8 heteroatoms. The van der Waals surface area contributed by atoms with Crippen molar-refractivity contribution in [1.29, 1.82) is 0 Å². The molecule has 2 rings (SSSR count). The van der Waals surface area contributed by atoms with E-state index in [9.17, 15) is 5.11 Å². The van der Waals surface area contributed by atoms with Gasteiger partial charge in [-0.15, -0.1) is 0 Å². The van der Waals surface area contributed by atoms with Gasteiger partial charge >= 0.3 is 0 Å². The van der Waals surface area contributed by atoms with Crippen molar-refractivity contribution in [2.24, 2.45) is 0 Å². The van der Waals surface area contributed by atoms with Gasteiger partial charge in [0.15, 0.2) is 11.5 Å². The highest BCUT2D eigenvalue weighted by atomic mass is 16.5. The van der Waals surface area contributed by atoms with Gasteiger partial charge in [0.2, 0.25) is 0 Å². The number of aromatic nitrogens is 4. The van der Waals surface area contributed by atoms with Crippen LogP contribution >= 0.6 is 0 Å². The number of nitrogen functional groups attached to an aromatic ring is 1. The number of fused-ring (bicyclic) bond motifs is 1. The maximum Gasteiger partial charge on any atom is 0.165 e. The topological polar surface area (TPSA) is 119 Å². The van der Waals surface area contributed by atoms with E-state index >= 15 is 0 Å². The standard InChI is InChI=1S/C10H15N5O3/c1-18-7(3-16)6(17)2-15-5-14-8-9(11)12-4-13-10(8)15/h4-7,16-17H,2-3H2,1H3,(H2,11,12,13). The summed E-state index contributed by atoms with van der Waals surface area (Å²) in [5.41, 5.74) is 6.68. The molecule has 2 aromatic rings. The SMILES string of the molecule is COC(CO)C(O)Cn1cnc2c(N)ncnc21. The quantitative estimate of drug-likeness (QED) is 0.610. The largest absolute Gasteiger partial charge is 0.394 e. The number of nitrogens with zero attached hydrogens (tertiary/aromatic N) is 4. The fourth-order valence-electron chi connectivity index (χ4n) is 1.70. The Morgan fingerprint density at radius 2 is 2.22 bits per heavy atom. The van der Waals surface area contributed by atoms with E-state index in [4.69, 9.17) is 15.6 Å². The third-order valence-electron chi connectivity index (χ3n) is 2.73. The zero-order valence-corrected chi connectivity index (χ0v) is 9.89. The number of rotatable bonds is 5. The lowest BCUT2D eigenvalue weighted by atomic mass is 10.2. The zero-order valence-electron chi connectivity index (χ0n) is 9.89. The van der Waals surface area contributed by atoms with Crippen LogP contribution in [0.25, 0.3) is 11.2 Å². The molecule has 0 aliphatic rings. The molecule has 0 aromatic carbocycles. The average Bonchev–Trinajstić information content (AvgIpc) is 2.76. The van der Waals surface area contributed by atoms with Crippen LogP contribution in [0.15, 0.2) is 12.7 Å². The molecule has 0 saturated heterocycles. The van der Waals surface area contributed by atoms with Crippen LogP contribution in [0, 0.1) is 0 Å². The van der Waals surface area contributed by atoms with Crippen molar-refractivity contribution in [1.82, 2.24) is 19.5 Å². The predicted molar refractivity (Wildman–Crippen MR) is 63.6 cm³/mol. The van der Waals surface area contributed by atoms with Gasteiger partial charge in [-0.25, -0.2) is 15.0 Å². The zero-order chi connectivity index (χ0) is 13.1. The molecule has 0 spiro atoms. The lowest BCUT2D eigenvalue weighted by Crippen LogP contribution is -2.34. The Labute approximate surface area is 103 Å². The molecular formula is C10H15N5O3. The maximum absolute atomic E-state index is 9.90. The number of aliphatic hydroxyl groups excluding tert-OH is 2. The number of ether oxygens (including phenoxy) is 1. The molecule has 0 fully saturated rings. The van der Waals surface area contributed by atoms with E-state index in [1.54, 1.807) is 4.57 Å². The van der Waals surface area contributed by atoms with E-state index < -0.39 is 12.2 Å². The molecule has 2 atom stereocenters. The van der Waals surface area contributed by atoms with E-state index in [-0.39, 0.29) is 13.2 Å². The number of imidazole rings is 1. The van der Waals surface area contributed by atoms with Gasteiger partial charge in [0, 0.05) is 7.11 Å². The Hall–Kier alpha value is -1.77. The van der Waals surface area contributed by atoms with E-state index in [1.807, 2.05) is 0 Å². The summed E-state index contributed by atoms with van der Waals surface area (Å²) in [6.45, 7) is -0.0621. The third-order valence-corrected chi connectivity index (χ3v) is 2.73. The second kappa shape index (κ2) is 5.25. The summed E-state index contributed by atoms with van der Waals surface area (Å²) in [5.74, 6) is 0.290. The summed E-state index contributed by atoms with van der Waals surface area (Å²) < 4.78 is 6.59. The first-order valence-corrected chi connectivity index (χ1v) is 5.40. The van der Waals surface area contributed by atoms with Crippen LogP contribution in [-0.4, -0.2) is 55.7 Å². The number of anilines is 1. The van der Waals surface area contributed by atoms with Crippen LogP contribution < -0.4 is 5.73 Å². The van der Waals surface area contributed by atoms with Crippen LogP contribution in [0.5, 0.6) is 0 Å². The van der Waals surface area contributed by atoms with E-state index in [0.29, 0.717) is 17.0 Å². The van der Waals surface area contributed by atoms with Crippen LogP contribution in [0.3, 0.4) is 0 Å². The minimum Gasteiger partial charge on any atom is -0.394 e. The molecule has 98 valence electrons. The molecule has 0 aliphatic heterocycles. The van der Waals surface area contributed by atoms with Gasteiger partial charge in [-0.05, 0) is 0 Å². The third kappa shape index (κ3) is 2.26. The van der Waals surface area contributed by atoms with Crippen molar-refractivity contribution < 1.29 is 14.9 Å². The monoisotopic (exact) mass is 253 g/mol. The Morgan fingerprint density at radius 1 is 1.44 bits per heavy atom. The number of nitrogens with two attached hydrogens (primary N) is 1. The molecule has 0 aliphatic carbocycles. The van der Waals surface area contributed by atoms with Gasteiger partial charge in [0.1, 0.15) is 24.1 Å². The smallest absolute Gasteiger partial charge is 0.165 e. The van der Waals surface area contributed by atoms with Gasteiger partial charge < -0.3 is 25.3 Å². The molecule has 2 heterocycles. The molecule has 4 N–H and O–H groups in total. The molecule has 2 unspecified atom stereocenters. The van der Waals surface area contributed by atoms with E-state index in [2.05, 4.69) is 15.0 Å². The maximum atomic E-state index is 9.90. The molecular weight excluding hydrogens is 238 g/mol. The molecule has 0 bridgehead atoms. The molecule has 8 nitrogen and oxygen atoms in total. The number of hydrogen-bond donors (Lipinski definition) is 3. The lowest BCUT2D eigenvalue weighted by molar-refractivity contribution is -0.0467. The highest BCUT2D eigenvalue weighted by Gasteiger charge is 2.19. The van der Waals surface area contributed by atoms with Gasteiger partial charge in [0.25, 0.3) is 0 Å². The summed E-state index contributed by atoms with van der Waals surface area (Å²) in [6, 6.07) is 0. The van der Waals surface area contributed by atoms with Crippen molar-refractivity contribution in [2.45, 2.75) is 18.8 Å². The Balaban J connectivity index is 2.24. The van der Waals surface area contributed by atoms with Crippen LogP contribution in [-0.2, 0) is 11.3 Å². The van der Waals surface area contributed by atoms with Crippen molar-refractivity contribution in [3.8, 4) is 0 Å². The first-order chi connectivity index (χ1) is 8.67. The summed E-state index contributed by atoms with van der Waals surface area (Å²) >= 11 is 0. The lowest BCUT2D eigenvalue weighted by Gasteiger charge is -2.19. The molecule has 0 amide bonds. The second-order valence-electron chi connectivity index (χ2n) is 3.85. The Kier molecular flexibility index (Phi) is 3.70. The number of aliphatic hydroxyl groups is 2. The van der Waals surface area contributed by atoms with Crippen LogP contribution in [0.1, 0.15) is 0 Å². The summed E-state index contributed by atoms with van der Waals surface area (Å²) in [5, 5.41) is 18.9. The summed E-state index contributed by atoms with van der Waals surface area (Å²) in [7, 11) is 1.43. The van der Waals surface area contributed by atoms with Crippen molar-refractivity contribution in [2.75, 3.05) is 19.5 Å². The van der Waals surface area contributed by atoms with Crippen molar-refractivity contribution in [3.63, 3.8) is 0 Å². The first kappa shape index (κ1) is 12.7. The van der Waals surface area contributed by atoms with E-state index in [1.165, 1.54) is 19.8 Å². The normalized spacial score (nSPS) is 14.8. The first-order valence-electron chi connectivity index (χ1n) is 5.40. The van der Waals surface area contributed by atoms with Gasteiger partial charge in [-0.3, -0.25) is 0 Å². The summed E-state index contributed by atoms with van der Waals surface area (Å²) in [4.78, 5) is 12.0. The van der Waals surface area contributed by atoms with Gasteiger partial charge in [-0.2, -0.15) is 0 Å². The highest BCUT2D eigenvalue weighted by molar-refractivity contribution is 5.81. The minimum absolute atomic E-state index is 0.200. The predicted octanol–water partition coefficient (Wildman–Crippen LogP) is -1.22. The fourth-order valence-corrected chi connectivity index (χ4v) is 1.70. The molecule has 2 aromatic heterocycles. The molecule has 0 saturated carbocycles. The minimum atomic E-state index is -0.867. The van der Waals surface area contributed by atoms with E-state index in [0.717, 1.165) is 0 Å². The van der Waals surface area contributed by atoms with Gasteiger partial charge in [-0.1, -0.05) is 0 Å². The Morgan fingerprint density at radius 3 is 2.89 bits per heavy atom. The number of hydrogen-bond acceptors (Lipinski definition) is 7. The second-order valence-corrected chi connectivity index (χ2v) is 3.85. The van der Waals surface area contributed by atoms with Gasteiger partial charge in [0.05, 0.1) is 19.5 Å². The summed E-state index contributed by atoms with van der Waals surface area (Å²) in [6.07, 6.45) is 1.33. The average molecular weight is 253 g/mol. The number of methoxy groups -OCH3 is 1. The highest BCUT2D eigenvalue weighted by Crippen LogP contribution is 2.15. The Bertz CT molecular complexity index is 525. The van der Waals surface area contributed by atoms with Crippen LogP contribution in [0.4, 0.5) is 5.82 Å². The molecule has 0 radical (unpaired) electrons. The van der Waals surface area contributed by atoms with Crippen molar-refractivity contribution >= 4 is 17.0 Å².